The van der Waals surface area contributed by atoms with Gasteiger partial charge in [-0.25, -0.2) is 0 Å². The molecule has 0 radical (unpaired) electrons. The molecule has 110 valence electrons. The molecule has 6 heteroatoms. The monoisotopic (exact) mass is 295 g/mol. The molecule has 0 saturated heterocycles. The van der Waals surface area contributed by atoms with E-state index in [0.29, 0.717) is 10.7 Å². The minimum Gasteiger partial charge on any atom is -0.357 e. The van der Waals surface area contributed by atoms with Crippen LogP contribution >= 0.6 is 12.2 Å². The highest BCUT2D eigenvalue weighted by Crippen LogP contribution is 2.10. The van der Waals surface area contributed by atoms with Crippen LogP contribution in [0.2, 0.25) is 0 Å². The first-order valence-electron chi connectivity index (χ1n) is 6.55. The van der Waals surface area contributed by atoms with Gasteiger partial charge in [-0.15, -0.1) is 0 Å². The third kappa shape index (κ3) is 5.54. The van der Waals surface area contributed by atoms with Gasteiger partial charge in [-0.3, -0.25) is 4.79 Å². The van der Waals surface area contributed by atoms with E-state index in [-0.39, 0.29) is 5.91 Å². The molecule has 1 aromatic carbocycles. The first-order chi connectivity index (χ1) is 9.40. The van der Waals surface area contributed by atoms with E-state index in [1.54, 1.807) is 31.1 Å². The Morgan fingerprint density at radius 1 is 1.25 bits per heavy atom. The molecule has 5 nitrogen and oxygen atoms in total. The molecule has 0 heterocycles. The minimum absolute atomic E-state index is 0.00814. The fourth-order valence-corrected chi connectivity index (χ4v) is 1.78. The molecule has 0 aliphatic rings. The van der Waals surface area contributed by atoms with Gasteiger partial charge in [0.1, 0.15) is 0 Å². The molecule has 0 fully saturated rings. The highest BCUT2D eigenvalue weighted by Gasteiger charge is 2.07. The maximum atomic E-state index is 11.7. The van der Waals surface area contributed by atoms with Crippen LogP contribution in [0.15, 0.2) is 24.3 Å². The molecular weight excluding hydrogens is 272 g/mol. The zero-order chi connectivity index (χ0) is 15.1. The largest absolute Gasteiger partial charge is 0.357 e. The van der Waals surface area contributed by atoms with Gasteiger partial charge in [0.2, 0.25) is 0 Å². The van der Waals surface area contributed by atoms with Crippen LogP contribution in [-0.2, 0) is 0 Å². The summed E-state index contributed by atoms with van der Waals surface area (Å²) in [5, 5.41) is 6.83. The highest BCUT2D eigenvalue weighted by molar-refractivity contribution is 7.80. The summed E-state index contributed by atoms with van der Waals surface area (Å²) in [6.07, 6.45) is 0. The SMILES string of the molecule is CN(C)C(=O)c1ccc(NC(=S)NCC[NH+](C)C)cc1. The van der Waals surface area contributed by atoms with Crippen LogP contribution in [0, 0.1) is 0 Å². The number of benzene rings is 1. The smallest absolute Gasteiger partial charge is 0.253 e. The molecule has 0 unspecified atom stereocenters. The number of nitrogens with one attached hydrogen (secondary N) is 3. The summed E-state index contributed by atoms with van der Waals surface area (Å²) < 4.78 is 0. The second kappa shape index (κ2) is 7.81. The highest BCUT2D eigenvalue weighted by atomic mass is 32.1. The molecule has 0 aliphatic heterocycles. The number of carbonyl (C=O) groups is 1. The Balaban J connectivity index is 2.49. The molecular formula is C14H23N4OS+. The molecule has 1 rings (SSSR count). The average molecular weight is 295 g/mol. The Bertz CT molecular complexity index is 457. The van der Waals surface area contributed by atoms with Crippen LogP contribution < -0.4 is 15.5 Å². The summed E-state index contributed by atoms with van der Waals surface area (Å²) in [6, 6.07) is 7.28. The predicted octanol–water partition coefficient (Wildman–Crippen LogP) is -0.181. The topological polar surface area (TPSA) is 48.8 Å². The second-order valence-electron chi connectivity index (χ2n) is 5.11. The molecule has 0 saturated carbocycles. The van der Waals surface area contributed by atoms with Crippen LogP contribution in [0.1, 0.15) is 10.4 Å². The molecule has 20 heavy (non-hydrogen) atoms. The fourth-order valence-electron chi connectivity index (χ4n) is 1.56. The van der Waals surface area contributed by atoms with Crippen molar-refractivity contribution in [2.75, 3.05) is 46.6 Å². The van der Waals surface area contributed by atoms with Crippen LogP contribution in [-0.4, -0.2) is 57.2 Å². The lowest BCUT2D eigenvalue weighted by Gasteiger charge is -2.13. The lowest BCUT2D eigenvalue weighted by molar-refractivity contribution is -0.856. The summed E-state index contributed by atoms with van der Waals surface area (Å²) in [6.45, 7) is 1.82. The number of nitrogens with zero attached hydrogens (tertiary/aromatic N) is 1. The zero-order valence-electron chi connectivity index (χ0n) is 12.5. The van der Waals surface area contributed by atoms with Crippen molar-refractivity contribution in [3.05, 3.63) is 29.8 Å². The molecule has 1 aromatic rings. The molecule has 0 aliphatic carbocycles. The van der Waals surface area contributed by atoms with Crippen LogP contribution in [0.3, 0.4) is 0 Å². The lowest BCUT2D eigenvalue weighted by atomic mass is 10.2. The number of thiocarbonyl (C=S) groups is 1. The van der Waals surface area contributed by atoms with E-state index in [4.69, 9.17) is 12.2 Å². The van der Waals surface area contributed by atoms with Crippen molar-refractivity contribution in [3.8, 4) is 0 Å². The van der Waals surface area contributed by atoms with E-state index in [9.17, 15) is 4.79 Å². The molecule has 1 amide bonds. The maximum Gasteiger partial charge on any atom is 0.253 e. The third-order valence-electron chi connectivity index (χ3n) is 2.71. The Kier molecular flexibility index (Phi) is 6.41. The Hall–Kier alpha value is -1.66. The Labute approximate surface area is 125 Å². The molecule has 0 spiro atoms. The molecule has 0 bridgehead atoms. The number of hydrogen-bond donors (Lipinski definition) is 3. The van der Waals surface area contributed by atoms with Gasteiger partial charge >= 0.3 is 0 Å². The van der Waals surface area contributed by atoms with Crippen LogP contribution in [0.4, 0.5) is 5.69 Å². The number of likely N-dealkylation sites (N-methyl/N-ethyl adjacent to an activating group) is 1. The Morgan fingerprint density at radius 2 is 1.85 bits per heavy atom. The third-order valence-corrected chi connectivity index (χ3v) is 2.95. The van der Waals surface area contributed by atoms with Crippen LogP contribution in [0.25, 0.3) is 0 Å². The summed E-state index contributed by atoms with van der Waals surface area (Å²) >= 11 is 5.21. The van der Waals surface area contributed by atoms with Gasteiger partial charge in [0.25, 0.3) is 5.91 Å². The normalized spacial score (nSPS) is 10.2. The van der Waals surface area contributed by atoms with Gasteiger partial charge in [-0.1, -0.05) is 0 Å². The van der Waals surface area contributed by atoms with Crippen molar-refractivity contribution in [2.24, 2.45) is 0 Å². The lowest BCUT2D eigenvalue weighted by Crippen LogP contribution is -3.06. The number of anilines is 1. The first-order valence-corrected chi connectivity index (χ1v) is 6.96. The summed E-state index contributed by atoms with van der Waals surface area (Å²) in [5.41, 5.74) is 1.53. The van der Waals surface area contributed by atoms with Gasteiger partial charge in [0.05, 0.1) is 27.2 Å². The number of quaternary nitrogens is 1. The quantitative estimate of drug-likeness (QED) is 0.660. The van der Waals surface area contributed by atoms with E-state index in [1.807, 2.05) is 12.1 Å². The zero-order valence-corrected chi connectivity index (χ0v) is 13.3. The van der Waals surface area contributed by atoms with Crippen molar-refractivity contribution < 1.29 is 9.69 Å². The second-order valence-corrected chi connectivity index (χ2v) is 5.52. The van der Waals surface area contributed by atoms with Crippen LogP contribution in [0.5, 0.6) is 0 Å². The summed E-state index contributed by atoms with van der Waals surface area (Å²) in [5.74, 6) is -0.00814. The van der Waals surface area contributed by atoms with E-state index in [1.165, 1.54) is 4.90 Å². The number of carbonyl (C=O) groups excluding carboxylic acids is 1. The Morgan fingerprint density at radius 3 is 2.35 bits per heavy atom. The molecule has 3 N–H and O–H groups in total. The summed E-state index contributed by atoms with van der Waals surface area (Å²) in [7, 11) is 7.66. The minimum atomic E-state index is -0.00814. The van der Waals surface area contributed by atoms with Gasteiger partial charge in [0, 0.05) is 25.3 Å². The number of rotatable bonds is 5. The fraction of sp³-hybridized carbons (Fsp3) is 0.429. The van der Waals surface area contributed by atoms with Crippen molar-refractivity contribution in [2.45, 2.75) is 0 Å². The standard InChI is InChI=1S/C14H22N4OS/c1-17(2)10-9-15-14(20)16-12-7-5-11(6-8-12)13(19)18(3)4/h5-8H,9-10H2,1-4H3,(H2,15,16,20)/p+1. The maximum absolute atomic E-state index is 11.7. The van der Waals surface area contributed by atoms with E-state index < -0.39 is 0 Å². The van der Waals surface area contributed by atoms with Crippen molar-refractivity contribution in [1.29, 1.82) is 0 Å². The molecule has 0 aromatic heterocycles. The van der Waals surface area contributed by atoms with Crippen molar-refractivity contribution in [3.63, 3.8) is 0 Å². The number of hydrogen-bond acceptors (Lipinski definition) is 2. The van der Waals surface area contributed by atoms with E-state index in [2.05, 4.69) is 24.7 Å². The van der Waals surface area contributed by atoms with Gasteiger partial charge in [-0.05, 0) is 36.5 Å². The number of amides is 1. The summed E-state index contributed by atoms with van der Waals surface area (Å²) in [4.78, 5) is 14.7. The average Bonchev–Trinajstić information content (AvgIpc) is 2.38. The van der Waals surface area contributed by atoms with Gasteiger partial charge in [-0.2, -0.15) is 0 Å². The molecule has 0 atom stereocenters. The predicted molar refractivity (Wildman–Crippen MR) is 86.4 cm³/mol. The van der Waals surface area contributed by atoms with E-state index in [0.717, 1.165) is 18.8 Å². The van der Waals surface area contributed by atoms with Gasteiger partial charge < -0.3 is 20.4 Å². The van der Waals surface area contributed by atoms with Crippen molar-refractivity contribution in [1.82, 2.24) is 10.2 Å². The first kappa shape index (κ1) is 16.4. The van der Waals surface area contributed by atoms with Gasteiger partial charge in [0.15, 0.2) is 5.11 Å². The van der Waals surface area contributed by atoms with E-state index >= 15 is 0 Å². The van der Waals surface area contributed by atoms with Crippen molar-refractivity contribution >= 4 is 28.9 Å².